The van der Waals surface area contributed by atoms with Crippen LogP contribution in [0.1, 0.15) is 29.7 Å². The van der Waals surface area contributed by atoms with Gasteiger partial charge in [0.25, 0.3) is 5.72 Å². The molecule has 2 bridgehead atoms. The highest BCUT2D eigenvalue weighted by Gasteiger charge is 2.65. The smallest absolute Gasteiger partial charge is 0.343 e. The minimum atomic E-state index is -0.965. The van der Waals surface area contributed by atoms with Crippen molar-refractivity contribution >= 4 is 28.1 Å². The second kappa shape index (κ2) is 8.10. The van der Waals surface area contributed by atoms with Gasteiger partial charge in [0.2, 0.25) is 5.91 Å². The van der Waals surface area contributed by atoms with Gasteiger partial charge in [-0.3, -0.25) is 4.79 Å². The Hall–Kier alpha value is -3.84. The zero-order valence-electron chi connectivity index (χ0n) is 20.6. The van der Waals surface area contributed by atoms with Crippen molar-refractivity contribution in [1.82, 2.24) is 0 Å². The summed E-state index contributed by atoms with van der Waals surface area (Å²) in [5.74, 6) is 0.0964. The van der Waals surface area contributed by atoms with E-state index in [0.29, 0.717) is 0 Å². The van der Waals surface area contributed by atoms with Crippen LogP contribution in [0.5, 0.6) is 11.6 Å². The number of rotatable bonds is 3. The summed E-state index contributed by atoms with van der Waals surface area (Å²) >= 11 is 1.50. The molecule has 182 valence electrons. The van der Waals surface area contributed by atoms with Crippen LogP contribution >= 0.6 is 11.3 Å². The van der Waals surface area contributed by atoms with E-state index in [1.807, 2.05) is 104 Å². The third-order valence-electron chi connectivity index (χ3n) is 7.47. The van der Waals surface area contributed by atoms with Crippen molar-refractivity contribution in [2.24, 2.45) is 5.92 Å². The van der Waals surface area contributed by atoms with Gasteiger partial charge in [0.1, 0.15) is 10.6 Å². The molecule has 0 aliphatic carbocycles. The van der Waals surface area contributed by atoms with Gasteiger partial charge in [-0.15, -0.1) is 0 Å². The highest BCUT2D eigenvalue weighted by molar-refractivity contribution is 7.18. The minimum Gasteiger partial charge on any atom is -0.477 e. The first kappa shape index (κ1) is 22.6. The van der Waals surface area contributed by atoms with Crippen LogP contribution in [0.2, 0.25) is 0 Å². The van der Waals surface area contributed by atoms with Crippen molar-refractivity contribution in [3.63, 3.8) is 0 Å². The Morgan fingerprint density at radius 2 is 1.81 bits per heavy atom. The molecule has 36 heavy (non-hydrogen) atoms. The number of aromatic hydroxyl groups is 1. The summed E-state index contributed by atoms with van der Waals surface area (Å²) in [6.07, 6.45) is 0. The van der Waals surface area contributed by atoms with Gasteiger partial charge in [0.05, 0.1) is 7.05 Å². The molecular formula is C29H28N3O3S+. The van der Waals surface area contributed by atoms with E-state index in [9.17, 15) is 9.90 Å². The van der Waals surface area contributed by atoms with Crippen LogP contribution in [0.3, 0.4) is 0 Å². The zero-order chi connectivity index (χ0) is 25.2. The summed E-state index contributed by atoms with van der Waals surface area (Å²) in [4.78, 5) is 16.8. The van der Waals surface area contributed by atoms with Gasteiger partial charge in [-0.25, -0.2) is 4.90 Å². The monoisotopic (exact) mass is 498 g/mol. The quantitative estimate of drug-likeness (QED) is 0.370. The third-order valence-corrected chi connectivity index (χ3v) is 8.74. The number of nitrogens with one attached hydrogen (secondary N) is 1. The Bertz CT molecular complexity index is 1500. The maximum absolute atomic E-state index is 14.1. The molecule has 2 aliphatic rings. The number of benzene rings is 3. The standard InChI is InChI=1S/C29H27N3O3S/c1-17-14-15-21(18(2)16-17)30-26(33)23-24-20-12-8-9-13-22(20)35-29(23,3)31(4)28-32(24)27(34)25(36-28)19-10-6-5-7-11-19/h5-16,23-24H,1-4H3,(H-,30,33,34)/p+1. The van der Waals surface area contributed by atoms with Crippen molar-refractivity contribution in [3.8, 4) is 22.1 Å². The molecule has 3 aromatic carbocycles. The largest absolute Gasteiger partial charge is 0.477 e. The second-order valence-electron chi connectivity index (χ2n) is 9.76. The molecule has 3 atom stereocenters. The summed E-state index contributed by atoms with van der Waals surface area (Å²) in [7, 11) is 1.93. The van der Waals surface area contributed by atoms with Crippen LogP contribution in [0.15, 0.2) is 72.8 Å². The van der Waals surface area contributed by atoms with Gasteiger partial charge < -0.3 is 15.2 Å². The molecule has 0 saturated heterocycles. The molecule has 2 N–H and O–H groups in total. The average Bonchev–Trinajstić information content (AvgIpc) is 3.21. The first-order valence-electron chi connectivity index (χ1n) is 12.0. The Labute approximate surface area is 214 Å². The van der Waals surface area contributed by atoms with Crippen molar-refractivity contribution in [1.29, 1.82) is 0 Å². The number of nitrogens with zero attached hydrogens (tertiary/aromatic N) is 2. The normalized spacial score (nSPS) is 21.8. The molecule has 1 aromatic heterocycles. The lowest BCUT2D eigenvalue weighted by molar-refractivity contribution is -0.717. The van der Waals surface area contributed by atoms with E-state index in [4.69, 9.17) is 4.74 Å². The topological polar surface area (TPSA) is 65.7 Å². The van der Waals surface area contributed by atoms with Gasteiger partial charge in [-0.05, 0) is 48.4 Å². The molecule has 0 saturated carbocycles. The molecule has 0 fully saturated rings. The summed E-state index contributed by atoms with van der Waals surface area (Å²) in [5, 5.41) is 15.6. The van der Waals surface area contributed by atoms with Crippen LogP contribution in [0, 0.1) is 19.8 Å². The van der Waals surface area contributed by atoms with Gasteiger partial charge in [0.15, 0.2) is 12.0 Å². The van der Waals surface area contributed by atoms with Gasteiger partial charge >= 0.3 is 11.0 Å². The molecule has 3 heterocycles. The summed E-state index contributed by atoms with van der Waals surface area (Å²) < 4.78 is 8.52. The van der Waals surface area contributed by atoms with E-state index in [-0.39, 0.29) is 11.8 Å². The Kier molecular flexibility index (Phi) is 5.09. The number of para-hydroxylation sites is 1. The summed E-state index contributed by atoms with van der Waals surface area (Å²) in [6, 6.07) is 23.2. The SMILES string of the molecule is Cc1ccc(NC(=O)C2C3c4ccccc4OC2(C)N(C)c2sc(-c4ccccc4)c(O)[n+]23)c(C)c1. The van der Waals surface area contributed by atoms with Crippen molar-refractivity contribution in [3.05, 3.63) is 89.5 Å². The van der Waals surface area contributed by atoms with E-state index in [1.54, 1.807) is 0 Å². The zero-order valence-corrected chi connectivity index (χ0v) is 21.5. The molecule has 0 radical (unpaired) electrons. The summed E-state index contributed by atoms with van der Waals surface area (Å²) in [5.41, 5.74) is 3.76. The van der Waals surface area contributed by atoms with Gasteiger partial charge in [-0.1, -0.05) is 66.2 Å². The Morgan fingerprint density at radius 3 is 2.56 bits per heavy atom. The number of carbonyl (C=O) groups excluding carboxylic acids is 1. The first-order valence-corrected chi connectivity index (χ1v) is 12.8. The fraction of sp³-hybridized carbons (Fsp3) is 0.241. The van der Waals surface area contributed by atoms with E-state index in [1.165, 1.54) is 11.3 Å². The molecule has 3 unspecified atom stereocenters. The highest BCUT2D eigenvalue weighted by atomic mass is 32.1. The van der Waals surface area contributed by atoms with Gasteiger partial charge in [-0.2, -0.15) is 4.57 Å². The van der Waals surface area contributed by atoms with Crippen LogP contribution < -0.4 is 19.5 Å². The highest BCUT2D eigenvalue weighted by Crippen LogP contribution is 2.53. The predicted octanol–water partition coefficient (Wildman–Crippen LogP) is 5.43. The lowest BCUT2D eigenvalue weighted by Crippen LogP contribution is -2.71. The van der Waals surface area contributed by atoms with Gasteiger partial charge in [0, 0.05) is 18.2 Å². The average molecular weight is 499 g/mol. The number of aromatic nitrogens is 1. The molecule has 6 rings (SSSR count). The van der Waals surface area contributed by atoms with E-state index >= 15 is 0 Å². The van der Waals surface area contributed by atoms with Crippen molar-refractivity contribution < 1.29 is 19.2 Å². The number of fused-ring (bicyclic) bond motifs is 6. The summed E-state index contributed by atoms with van der Waals surface area (Å²) in [6.45, 7) is 5.99. The molecule has 6 nitrogen and oxygen atoms in total. The number of carbonyl (C=O) groups is 1. The fourth-order valence-corrected chi connectivity index (χ4v) is 6.77. The van der Waals surface area contributed by atoms with Crippen molar-refractivity contribution in [2.45, 2.75) is 32.5 Å². The molecule has 0 spiro atoms. The Balaban J connectivity index is 1.54. The molecular weight excluding hydrogens is 470 g/mol. The van der Waals surface area contributed by atoms with E-state index < -0.39 is 17.7 Å². The third kappa shape index (κ3) is 3.23. The lowest BCUT2D eigenvalue weighted by Gasteiger charge is -2.48. The Morgan fingerprint density at radius 1 is 1.08 bits per heavy atom. The van der Waals surface area contributed by atoms with Crippen molar-refractivity contribution in [2.75, 3.05) is 17.3 Å². The molecule has 7 heteroatoms. The molecule has 4 aromatic rings. The second-order valence-corrected chi connectivity index (χ2v) is 10.7. The number of hydrogen-bond donors (Lipinski definition) is 2. The van der Waals surface area contributed by atoms with Crippen LogP contribution in [0.25, 0.3) is 10.4 Å². The van der Waals surface area contributed by atoms with Crippen LogP contribution in [-0.4, -0.2) is 23.8 Å². The predicted molar refractivity (Wildman–Crippen MR) is 142 cm³/mol. The van der Waals surface area contributed by atoms with E-state index in [0.717, 1.165) is 43.7 Å². The number of amides is 1. The number of aryl methyl sites for hydroxylation is 2. The number of ether oxygens (including phenoxy) is 1. The molecule has 2 aliphatic heterocycles. The van der Waals surface area contributed by atoms with Crippen LogP contribution in [0.4, 0.5) is 10.8 Å². The lowest BCUT2D eigenvalue weighted by atomic mass is 9.79. The minimum absolute atomic E-state index is 0.152. The molecule has 1 amide bonds. The number of anilines is 2. The maximum Gasteiger partial charge on any atom is 0.343 e. The number of hydrogen-bond acceptors (Lipinski definition) is 5. The maximum atomic E-state index is 14.1. The number of thiazole rings is 1. The fourth-order valence-electron chi connectivity index (χ4n) is 5.53. The van der Waals surface area contributed by atoms with Crippen LogP contribution in [-0.2, 0) is 4.79 Å². The first-order chi connectivity index (χ1) is 17.3. The van der Waals surface area contributed by atoms with E-state index in [2.05, 4.69) is 11.4 Å².